The van der Waals surface area contributed by atoms with Crippen LogP contribution in [0.4, 0.5) is 5.95 Å². The van der Waals surface area contributed by atoms with Crippen LogP contribution in [0.25, 0.3) is 0 Å². The molecule has 0 spiro atoms. The van der Waals surface area contributed by atoms with Gasteiger partial charge in [0, 0.05) is 20.0 Å². The van der Waals surface area contributed by atoms with Crippen molar-refractivity contribution in [3.63, 3.8) is 0 Å². The Hall–Kier alpha value is -1.84. The van der Waals surface area contributed by atoms with E-state index >= 15 is 0 Å². The first-order valence-corrected chi connectivity index (χ1v) is 6.81. The van der Waals surface area contributed by atoms with Crippen molar-refractivity contribution in [2.75, 3.05) is 12.4 Å². The summed E-state index contributed by atoms with van der Waals surface area (Å²) in [6, 6.07) is 10.6. The highest BCUT2D eigenvalue weighted by molar-refractivity contribution is 5.31. The summed E-state index contributed by atoms with van der Waals surface area (Å²) in [6.07, 6.45) is 1.11. The number of rotatable bonds is 5. The third-order valence-corrected chi connectivity index (χ3v) is 3.78. The molecule has 2 aromatic rings. The standard InChI is InChI=1S/C15H22N4/c1-5-11(2)13(12-9-7-6-8-10-12)14-17-18-15(16-3)19(14)4/h6-11,13H,5H2,1-4H3,(H,16,18). The lowest BCUT2D eigenvalue weighted by molar-refractivity contribution is 0.468. The maximum atomic E-state index is 4.38. The van der Waals surface area contributed by atoms with Crippen molar-refractivity contribution >= 4 is 5.95 Å². The average Bonchev–Trinajstić information content (AvgIpc) is 2.81. The van der Waals surface area contributed by atoms with Gasteiger partial charge in [0.1, 0.15) is 5.82 Å². The van der Waals surface area contributed by atoms with Crippen LogP contribution < -0.4 is 5.32 Å². The summed E-state index contributed by atoms with van der Waals surface area (Å²) < 4.78 is 2.05. The molecule has 19 heavy (non-hydrogen) atoms. The Morgan fingerprint density at radius 2 is 1.89 bits per heavy atom. The van der Waals surface area contributed by atoms with Crippen molar-refractivity contribution in [3.8, 4) is 0 Å². The van der Waals surface area contributed by atoms with Gasteiger partial charge in [-0.05, 0) is 11.5 Å². The first kappa shape index (κ1) is 13.6. The van der Waals surface area contributed by atoms with Crippen molar-refractivity contribution in [2.24, 2.45) is 13.0 Å². The number of nitrogens with one attached hydrogen (secondary N) is 1. The van der Waals surface area contributed by atoms with Crippen LogP contribution in [0.3, 0.4) is 0 Å². The normalized spacial score (nSPS) is 14.1. The van der Waals surface area contributed by atoms with E-state index in [9.17, 15) is 0 Å². The fraction of sp³-hybridized carbons (Fsp3) is 0.467. The molecule has 0 saturated heterocycles. The molecule has 0 amide bonds. The number of nitrogens with zero attached hydrogens (tertiary/aromatic N) is 3. The van der Waals surface area contributed by atoms with E-state index in [4.69, 9.17) is 0 Å². The van der Waals surface area contributed by atoms with Gasteiger partial charge in [-0.15, -0.1) is 10.2 Å². The predicted octanol–water partition coefficient (Wildman–Crippen LogP) is 3.03. The molecule has 2 rings (SSSR count). The average molecular weight is 258 g/mol. The Morgan fingerprint density at radius 1 is 1.21 bits per heavy atom. The SMILES string of the molecule is CCC(C)C(c1ccccc1)c1nnc(NC)n1C. The van der Waals surface area contributed by atoms with Gasteiger partial charge < -0.3 is 9.88 Å². The molecule has 2 atom stereocenters. The quantitative estimate of drug-likeness (QED) is 0.896. The van der Waals surface area contributed by atoms with E-state index in [0.717, 1.165) is 18.2 Å². The summed E-state index contributed by atoms with van der Waals surface area (Å²) in [5, 5.41) is 11.7. The van der Waals surface area contributed by atoms with E-state index in [0.29, 0.717) is 5.92 Å². The molecule has 4 heteroatoms. The first-order valence-electron chi connectivity index (χ1n) is 6.81. The summed E-state index contributed by atoms with van der Waals surface area (Å²) in [5.74, 6) is 2.63. The zero-order valence-corrected chi connectivity index (χ0v) is 12.1. The molecule has 0 radical (unpaired) electrons. The lowest BCUT2D eigenvalue weighted by Gasteiger charge is -2.22. The number of anilines is 1. The van der Waals surface area contributed by atoms with Crippen LogP contribution in [-0.2, 0) is 7.05 Å². The number of hydrogen-bond donors (Lipinski definition) is 1. The number of aromatic nitrogens is 3. The van der Waals surface area contributed by atoms with Crippen molar-refractivity contribution < 1.29 is 0 Å². The molecule has 4 nitrogen and oxygen atoms in total. The van der Waals surface area contributed by atoms with Gasteiger partial charge in [0.15, 0.2) is 0 Å². The minimum absolute atomic E-state index is 0.283. The summed E-state index contributed by atoms with van der Waals surface area (Å²) in [7, 11) is 3.88. The third kappa shape index (κ3) is 2.62. The Balaban J connectivity index is 2.46. The first-order chi connectivity index (χ1) is 9.19. The lowest BCUT2D eigenvalue weighted by atomic mass is 9.85. The van der Waals surface area contributed by atoms with Gasteiger partial charge in [0.2, 0.25) is 5.95 Å². The van der Waals surface area contributed by atoms with Gasteiger partial charge >= 0.3 is 0 Å². The zero-order valence-electron chi connectivity index (χ0n) is 12.1. The van der Waals surface area contributed by atoms with Gasteiger partial charge in [-0.2, -0.15) is 0 Å². The van der Waals surface area contributed by atoms with Crippen molar-refractivity contribution in [1.29, 1.82) is 0 Å². The topological polar surface area (TPSA) is 42.7 Å². The smallest absolute Gasteiger partial charge is 0.224 e. The Bertz CT molecular complexity index is 518. The van der Waals surface area contributed by atoms with Crippen molar-refractivity contribution in [3.05, 3.63) is 41.7 Å². The molecule has 0 aliphatic rings. The minimum atomic E-state index is 0.283. The largest absolute Gasteiger partial charge is 0.357 e. The van der Waals surface area contributed by atoms with Crippen LogP contribution in [0.1, 0.15) is 37.6 Å². The molecular weight excluding hydrogens is 236 g/mol. The molecular formula is C15H22N4. The minimum Gasteiger partial charge on any atom is -0.357 e. The molecule has 2 unspecified atom stereocenters. The van der Waals surface area contributed by atoms with Crippen LogP contribution in [0.15, 0.2) is 30.3 Å². The highest BCUT2D eigenvalue weighted by atomic mass is 15.3. The summed E-state index contributed by atoms with van der Waals surface area (Å²) in [5.41, 5.74) is 1.30. The van der Waals surface area contributed by atoms with Gasteiger partial charge in [-0.25, -0.2) is 0 Å². The van der Waals surface area contributed by atoms with Gasteiger partial charge in [0.25, 0.3) is 0 Å². The second-order valence-electron chi connectivity index (χ2n) is 4.96. The molecule has 1 N–H and O–H groups in total. The van der Waals surface area contributed by atoms with E-state index < -0.39 is 0 Å². The fourth-order valence-electron chi connectivity index (χ4n) is 2.46. The molecule has 102 valence electrons. The molecule has 1 aromatic heterocycles. The monoisotopic (exact) mass is 258 g/mol. The highest BCUT2D eigenvalue weighted by Crippen LogP contribution is 2.33. The van der Waals surface area contributed by atoms with Gasteiger partial charge in [-0.3, -0.25) is 0 Å². The van der Waals surface area contributed by atoms with E-state index in [1.807, 2.05) is 24.7 Å². The Morgan fingerprint density at radius 3 is 2.42 bits per heavy atom. The lowest BCUT2D eigenvalue weighted by Crippen LogP contribution is -2.16. The van der Waals surface area contributed by atoms with Crippen LogP contribution in [0.2, 0.25) is 0 Å². The maximum Gasteiger partial charge on any atom is 0.224 e. The van der Waals surface area contributed by atoms with Crippen LogP contribution >= 0.6 is 0 Å². The van der Waals surface area contributed by atoms with Gasteiger partial charge in [-0.1, -0.05) is 50.6 Å². The highest BCUT2D eigenvalue weighted by Gasteiger charge is 2.25. The molecule has 1 aromatic carbocycles. The predicted molar refractivity (Wildman–Crippen MR) is 78.3 cm³/mol. The second kappa shape index (κ2) is 5.87. The molecule has 0 aliphatic carbocycles. The maximum absolute atomic E-state index is 4.38. The van der Waals surface area contributed by atoms with E-state index in [2.05, 4.69) is 53.6 Å². The van der Waals surface area contributed by atoms with Crippen LogP contribution in [-0.4, -0.2) is 21.8 Å². The van der Waals surface area contributed by atoms with Crippen LogP contribution in [0.5, 0.6) is 0 Å². The third-order valence-electron chi connectivity index (χ3n) is 3.78. The van der Waals surface area contributed by atoms with Gasteiger partial charge in [0.05, 0.1) is 0 Å². The molecule has 0 aliphatic heterocycles. The molecule has 1 heterocycles. The van der Waals surface area contributed by atoms with E-state index in [-0.39, 0.29) is 5.92 Å². The number of hydrogen-bond acceptors (Lipinski definition) is 3. The van der Waals surface area contributed by atoms with Crippen molar-refractivity contribution in [1.82, 2.24) is 14.8 Å². The van der Waals surface area contributed by atoms with Crippen molar-refractivity contribution in [2.45, 2.75) is 26.2 Å². The summed E-state index contributed by atoms with van der Waals surface area (Å²) in [6.45, 7) is 4.49. The van der Waals surface area contributed by atoms with E-state index in [1.165, 1.54) is 5.56 Å². The molecule has 0 bridgehead atoms. The number of benzene rings is 1. The molecule has 0 fully saturated rings. The zero-order chi connectivity index (χ0) is 13.8. The fourth-order valence-corrected chi connectivity index (χ4v) is 2.46. The second-order valence-corrected chi connectivity index (χ2v) is 4.96. The van der Waals surface area contributed by atoms with E-state index in [1.54, 1.807) is 0 Å². The molecule has 0 saturated carbocycles. The Labute approximate surface area is 114 Å². The summed E-state index contributed by atoms with van der Waals surface area (Å²) >= 11 is 0. The Kier molecular flexibility index (Phi) is 4.20. The summed E-state index contributed by atoms with van der Waals surface area (Å²) in [4.78, 5) is 0. The van der Waals surface area contributed by atoms with Crippen LogP contribution in [0, 0.1) is 5.92 Å².